The normalized spacial score (nSPS) is 14.1. The van der Waals surface area contributed by atoms with E-state index in [1.807, 2.05) is 13.0 Å². The predicted molar refractivity (Wildman–Crippen MR) is 88.8 cm³/mol. The van der Waals surface area contributed by atoms with Crippen molar-refractivity contribution >= 4 is 16.9 Å². The van der Waals surface area contributed by atoms with Crippen LogP contribution in [0.3, 0.4) is 0 Å². The van der Waals surface area contributed by atoms with E-state index >= 15 is 0 Å². The lowest BCUT2D eigenvalue weighted by Crippen LogP contribution is -2.29. The SMILES string of the molecule is Cc1nn(CC(=O)NC2CC2)c2nccc(-c3ccc(F)cc3)c12. The first-order valence-corrected chi connectivity index (χ1v) is 7.99. The van der Waals surface area contributed by atoms with Crippen molar-refractivity contribution in [3.63, 3.8) is 0 Å². The van der Waals surface area contributed by atoms with Gasteiger partial charge in [-0.05, 0) is 49.1 Å². The summed E-state index contributed by atoms with van der Waals surface area (Å²) in [7, 11) is 0. The van der Waals surface area contributed by atoms with Gasteiger partial charge in [-0.15, -0.1) is 0 Å². The van der Waals surface area contributed by atoms with Gasteiger partial charge in [-0.2, -0.15) is 5.10 Å². The van der Waals surface area contributed by atoms with E-state index in [-0.39, 0.29) is 18.3 Å². The average Bonchev–Trinajstić information content (AvgIpc) is 3.32. The van der Waals surface area contributed by atoms with E-state index < -0.39 is 0 Å². The summed E-state index contributed by atoms with van der Waals surface area (Å²) >= 11 is 0. The molecular formula is C18H17FN4O. The minimum Gasteiger partial charge on any atom is -0.352 e. The standard InChI is InChI=1S/C18H17FN4O/c1-11-17-15(12-2-4-13(19)5-3-12)8-9-20-18(17)23(22-11)10-16(24)21-14-6-7-14/h2-5,8-9,14H,6-7,10H2,1H3,(H,21,24). The molecule has 24 heavy (non-hydrogen) atoms. The molecule has 2 heterocycles. The molecule has 6 heteroatoms. The summed E-state index contributed by atoms with van der Waals surface area (Å²) in [5.41, 5.74) is 3.30. The van der Waals surface area contributed by atoms with Gasteiger partial charge in [-0.3, -0.25) is 4.79 Å². The minimum absolute atomic E-state index is 0.0455. The number of aromatic nitrogens is 3. The number of amides is 1. The zero-order valence-corrected chi connectivity index (χ0v) is 13.3. The number of halogens is 1. The summed E-state index contributed by atoms with van der Waals surface area (Å²) in [4.78, 5) is 16.5. The molecule has 4 rings (SSSR count). The molecule has 1 aliphatic rings. The Balaban J connectivity index is 1.74. The van der Waals surface area contributed by atoms with Crippen LogP contribution in [0.4, 0.5) is 4.39 Å². The van der Waals surface area contributed by atoms with Gasteiger partial charge in [0.05, 0.1) is 5.69 Å². The van der Waals surface area contributed by atoms with Gasteiger partial charge in [-0.1, -0.05) is 12.1 Å². The van der Waals surface area contributed by atoms with Crippen molar-refractivity contribution in [1.82, 2.24) is 20.1 Å². The van der Waals surface area contributed by atoms with Crippen molar-refractivity contribution in [2.75, 3.05) is 0 Å². The fourth-order valence-electron chi connectivity index (χ4n) is 2.90. The maximum atomic E-state index is 13.2. The molecule has 1 saturated carbocycles. The van der Waals surface area contributed by atoms with E-state index in [0.29, 0.717) is 11.7 Å². The number of hydrogen-bond acceptors (Lipinski definition) is 3. The molecule has 0 aliphatic heterocycles. The molecule has 0 unspecified atom stereocenters. The van der Waals surface area contributed by atoms with E-state index in [2.05, 4.69) is 15.4 Å². The van der Waals surface area contributed by atoms with Crippen LogP contribution in [0.2, 0.25) is 0 Å². The predicted octanol–water partition coefficient (Wildman–Crippen LogP) is 2.82. The molecule has 122 valence electrons. The number of carbonyl (C=O) groups excluding carboxylic acids is 1. The van der Waals surface area contributed by atoms with Crippen LogP contribution >= 0.6 is 0 Å². The first-order chi connectivity index (χ1) is 11.6. The van der Waals surface area contributed by atoms with Crippen LogP contribution < -0.4 is 5.32 Å². The first kappa shape index (κ1) is 14.8. The largest absolute Gasteiger partial charge is 0.352 e. The van der Waals surface area contributed by atoms with Crippen molar-refractivity contribution < 1.29 is 9.18 Å². The van der Waals surface area contributed by atoms with Crippen molar-refractivity contribution in [2.24, 2.45) is 0 Å². The van der Waals surface area contributed by atoms with E-state index in [9.17, 15) is 9.18 Å². The Labute approximate surface area is 138 Å². The summed E-state index contributed by atoms with van der Waals surface area (Å²) in [6.07, 6.45) is 3.80. The number of nitrogens with zero attached hydrogens (tertiary/aromatic N) is 3. The minimum atomic E-state index is -0.270. The second kappa shape index (κ2) is 5.70. The Morgan fingerprint density at radius 3 is 2.75 bits per heavy atom. The molecule has 0 atom stereocenters. The van der Waals surface area contributed by atoms with Crippen LogP contribution in [0.5, 0.6) is 0 Å². The van der Waals surface area contributed by atoms with Crippen LogP contribution in [-0.2, 0) is 11.3 Å². The topological polar surface area (TPSA) is 59.8 Å². The molecular weight excluding hydrogens is 307 g/mol. The van der Waals surface area contributed by atoms with Crippen molar-refractivity contribution in [2.45, 2.75) is 32.4 Å². The first-order valence-electron chi connectivity index (χ1n) is 7.99. The molecule has 0 spiro atoms. The third-order valence-corrected chi connectivity index (χ3v) is 4.20. The summed E-state index contributed by atoms with van der Waals surface area (Å²) < 4.78 is 14.8. The molecule has 5 nitrogen and oxygen atoms in total. The summed E-state index contributed by atoms with van der Waals surface area (Å²) in [6.45, 7) is 2.05. The summed E-state index contributed by atoms with van der Waals surface area (Å²) in [6, 6.07) is 8.55. The Hall–Kier alpha value is -2.76. The molecule has 2 aromatic heterocycles. The lowest BCUT2D eigenvalue weighted by atomic mass is 10.0. The highest BCUT2D eigenvalue weighted by molar-refractivity contribution is 5.95. The maximum absolute atomic E-state index is 13.2. The van der Waals surface area contributed by atoms with E-state index in [1.165, 1.54) is 12.1 Å². The van der Waals surface area contributed by atoms with Gasteiger partial charge in [0.2, 0.25) is 5.91 Å². The van der Waals surface area contributed by atoms with Crippen molar-refractivity contribution in [1.29, 1.82) is 0 Å². The number of nitrogens with one attached hydrogen (secondary N) is 1. The number of rotatable bonds is 4. The maximum Gasteiger partial charge on any atom is 0.242 e. The fraction of sp³-hybridized carbons (Fsp3) is 0.278. The lowest BCUT2D eigenvalue weighted by molar-refractivity contribution is -0.121. The van der Waals surface area contributed by atoms with Crippen LogP contribution in [0, 0.1) is 12.7 Å². The third-order valence-electron chi connectivity index (χ3n) is 4.20. The molecule has 1 aliphatic carbocycles. The molecule has 1 fully saturated rings. The van der Waals surface area contributed by atoms with Crippen molar-refractivity contribution in [3.05, 3.63) is 48.0 Å². The molecule has 0 saturated heterocycles. The van der Waals surface area contributed by atoms with Gasteiger partial charge in [0.1, 0.15) is 12.4 Å². The Kier molecular flexibility index (Phi) is 3.52. The Morgan fingerprint density at radius 1 is 1.29 bits per heavy atom. The second-order valence-electron chi connectivity index (χ2n) is 6.15. The molecule has 1 N–H and O–H groups in total. The molecule has 1 aromatic carbocycles. The highest BCUT2D eigenvalue weighted by atomic mass is 19.1. The summed E-state index contributed by atoms with van der Waals surface area (Å²) in [5, 5.41) is 8.33. The molecule has 1 amide bonds. The second-order valence-corrected chi connectivity index (χ2v) is 6.15. The van der Waals surface area contributed by atoms with Gasteiger partial charge in [0, 0.05) is 17.6 Å². The molecule has 3 aromatic rings. The monoisotopic (exact) mass is 324 g/mol. The van der Waals surface area contributed by atoms with Gasteiger partial charge in [0.15, 0.2) is 5.65 Å². The van der Waals surface area contributed by atoms with Crippen LogP contribution in [0.15, 0.2) is 36.5 Å². The van der Waals surface area contributed by atoms with Crippen LogP contribution in [0.25, 0.3) is 22.2 Å². The zero-order valence-electron chi connectivity index (χ0n) is 13.3. The number of hydrogen-bond donors (Lipinski definition) is 1. The fourth-order valence-corrected chi connectivity index (χ4v) is 2.90. The molecule has 0 radical (unpaired) electrons. The number of fused-ring (bicyclic) bond motifs is 1. The number of carbonyl (C=O) groups is 1. The van der Waals surface area contributed by atoms with E-state index in [1.54, 1.807) is 23.0 Å². The number of aryl methyl sites for hydroxylation is 1. The summed E-state index contributed by atoms with van der Waals surface area (Å²) in [5.74, 6) is -0.316. The average molecular weight is 324 g/mol. The van der Waals surface area contributed by atoms with E-state index in [4.69, 9.17) is 0 Å². The van der Waals surface area contributed by atoms with Crippen molar-refractivity contribution in [3.8, 4) is 11.1 Å². The van der Waals surface area contributed by atoms with Crippen LogP contribution in [-0.4, -0.2) is 26.7 Å². The van der Waals surface area contributed by atoms with Gasteiger partial charge in [0.25, 0.3) is 0 Å². The van der Waals surface area contributed by atoms with Crippen LogP contribution in [0.1, 0.15) is 18.5 Å². The van der Waals surface area contributed by atoms with Gasteiger partial charge in [-0.25, -0.2) is 14.1 Å². The number of pyridine rings is 1. The zero-order chi connectivity index (χ0) is 16.7. The lowest BCUT2D eigenvalue weighted by Gasteiger charge is -2.06. The molecule has 0 bridgehead atoms. The van der Waals surface area contributed by atoms with Gasteiger partial charge >= 0.3 is 0 Å². The highest BCUT2D eigenvalue weighted by Gasteiger charge is 2.24. The Morgan fingerprint density at radius 2 is 2.04 bits per heavy atom. The highest BCUT2D eigenvalue weighted by Crippen LogP contribution is 2.30. The van der Waals surface area contributed by atoms with E-state index in [0.717, 1.165) is 35.0 Å². The quantitative estimate of drug-likeness (QED) is 0.803. The Bertz CT molecular complexity index is 913. The number of benzene rings is 1. The van der Waals surface area contributed by atoms with Gasteiger partial charge < -0.3 is 5.32 Å². The third kappa shape index (κ3) is 2.75. The smallest absolute Gasteiger partial charge is 0.242 e.